The van der Waals surface area contributed by atoms with E-state index in [1.54, 1.807) is 11.3 Å². The molecule has 1 aromatic heterocycles. The highest BCUT2D eigenvalue weighted by Gasteiger charge is 2.01. The zero-order valence-corrected chi connectivity index (χ0v) is 11.0. The van der Waals surface area contributed by atoms with Gasteiger partial charge in [-0.15, -0.1) is 11.3 Å². The van der Waals surface area contributed by atoms with Gasteiger partial charge < -0.3 is 11.1 Å². The largest absolute Gasteiger partial charge is 0.380 e. The molecule has 0 aliphatic carbocycles. The number of amides is 1. The van der Waals surface area contributed by atoms with Crippen molar-refractivity contribution in [3.05, 3.63) is 51.7 Å². The second-order valence-electron chi connectivity index (χ2n) is 4.11. The van der Waals surface area contributed by atoms with Gasteiger partial charge in [-0.1, -0.05) is 12.1 Å². The molecule has 0 atom stereocenters. The van der Waals surface area contributed by atoms with Crippen molar-refractivity contribution in [2.45, 2.75) is 13.0 Å². The van der Waals surface area contributed by atoms with Crippen molar-refractivity contribution in [1.82, 2.24) is 0 Å². The Balaban J connectivity index is 1.93. The monoisotopic (exact) mass is 271 g/mol. The van der Waals surface area contributed by atoms with Crippen LogP contribution in [-0.2, 0) is 17.8 Å². The first-order valence-electron chi connectivity index (χ1n) is 5.76. The van der Waals surface area contributed by atoms with Crippen LogP contribution in [0.4, 0.5) is 5.69 Å². The number of thiophene rings is 1. The highest BCUT2D eigenvalue weighted by atomic mass is 32.1. The number of nitrogens with zero attached hydrogens (tertiary/aromatic N) is 1. The Hall–Kier alpha value is -2.32. The van der Waals surface area contributed by atoms with Gasteiger partial charge in [0.1, 0.15) is 6.07 Å². The fourth-order valence-corrected chi connectivity index (χ4v) is 2.41. The Morgan fingerprint density at radius 2 is 2.11 bits per heavy atom. The minimum atomic E-state index is -0.330. The first kappa shape index (κ1) is 13.1. The number of primary amides is 1. The van der Waals surface area contributed by atoms with E-state index in [0.717, 1.165) is 16.1 Å². The lowest BCUT2D eigenvalue weighted by molar-refractivity contribution is -0.117. The number of anilines is 1. The summed E-state index contributed by atoms with van der Waals surface area (Å²) in [5.41, 5.74) is 7.70. The number of benzene rings is 1. The van der Waals surface area contributed by atoms with E-state index in [2.05, 4.69) is 11.4 Å². The standard InChI is InChI=1S/C14H13N3OS/c15-7-11-5-13(19-9-11)8-17-12-3-1-10(2-4-12)6-14(16)18/h1-5,9,17H,6,8H2,(H2,16,18). The molecular formula is C14H13N3OS. The van der Waals surface area contributed by atoms with Crippen LogP contribution in [0.2, 0.25) is 0 Å². The molecule has 1 aromatic carbocycles. The molecule has 5 heteroatoms. The van der Waals surface area contributed by atoms with Crippen molar-refractivity contribution in [1.29, 1.82) is 5.26 Å². The topological polar surface area (TPSA) is 78.9 Å². The third-order valence-corrected chi connectivity index (χ3v) is 3.52. The molecule has 0 fully saturated rings. The van der Waals surface area contributed by atoms with Crippen LogP contribution in [-0.4, -0.2) is 5.91 Å². The molecule has 0 saturated carbocycles. The van der Waals surface area contributed by atoms with Gasteiger partial charge in [-0.3, -0.25) is 4.79 Å². The zero-order chi connectivity index (χ0) is 13.7. The van der Waals surface area contributed by atoms with E-state index in [1.165, 1.54) is 0 Å². The maximum Gasteiger partial charge on any atom is 0.221 e. The molecule has 1 amide bonds. The van der Waals surface area contributed by atoms with E-state index in [1.807, 2.05) is 35.7 Å². The molecule has 0 aliphatic rings. The van der Waals surface area contributed by atoms with Gasteiger partial charge in [0.25, 0.3) is 0 Å². The maximum absolute atomic E-state index is 10.8. The highest BCUT2D eigenvalue weighted by Crippen LogP contribution is 2.16. The number of nitrogens with one attached hydrogen (secondary N) is 1. The minimum absolute atomic E-state index is 0.261. The molecule has 0 spiro atoms. The Morgan fingerprint density at radius 1 is 1.37 bits per heavy atom. The van der Waals surface area contributed by atoms with Crippen molar-refractivity contribution >= 4 is 22.9 Å². The van der Waals surface area contributed by atoms with Crippen LogP contribution < -0.4 is 11.1 Å². The van der Waals surface area contributed by atoms with Gasteiger partial charge in [0.15, 0.2) is 0 Å². The van der Waals surface area contributed by atoms with Gasteiger partial charge in [-0.05, 0) is 23.8 Å². The third-order valence-electron chi connectivity index (χ3n) is 2.58. The molecular weight excluding hydrogens is 258 g/mol. The van der Waals surface area contributed by atoms with Crippen LogP contribution in [0.1, 0.15) is 16.0 Å². The van der Waals surface area contributed by atoms with Gasteiger partial charge in [-0.25, -0.2) is 0 Å². The summed E-state index contributed by atoms with van der Waals surface area (Å²) >= 11 is 1.56. The molecule has 19 heavy (non-hydrogen) atoms. The van der Waals surface area contributed by atoms with Gasteiger partial charge in [-0.2, -0.15) is 5.26 Å². The SMILES string of the molecule is N#Cc1csc(CNc2ccc(CC(N)=O)cc2)c1. The molecule has 2 aromatic rings. The molecule has 3 N–H and O–H groups in total. The second-order valence-corrected chi connectivity index (χ2v) is 5.10. The molecule has 1 heterocycles. The summed E-state index contributed by atoms with van der Waals surface area (Å²) in [6.45, 7) is 0.682. The lowest BCUT2D eigenvalue weighted by Gasteiger charge is -2.05. The van der Waals surface area contributed by atoms with Crippen molar-refractivity contribution in [3.8, 4) is 6.07 Å². The van der Waals surface area contributed by atoms with Crippen LogP contribution in [0.3, 0.4) is 0 Å². The first-order chi connectivity index (χ1) is 9.17. The smallest absolute Gasteiger partial charge is 0.221 e. The fraction of sp³-hybridized carbons (Fsp3) is 0.143. The fourth-order valence-electron chi connectivity index (χ4n) is 1.66. The Labute approximate surface area is 115 Å². The lowest BCUT2D eigenvalue weighted by Crippen LogP contribution is -2.13. The van der Waals surface area contributed by atoms with Gasteiger partial charge in [0.2, 0.25) is 5.91 Å². The summed E-state index contributed by atoms with van der Waals surface area (Å²) in [7, 11) is 0. The minimum Gasteiger partial charge on any atom is -0.380 e. The molecule has 0 unspecified atom stereocenters. The normalized spacial score (nSPS) is 9.84. The molecule has 0 saturated heterocycles. The zero-order valence-electron chi connectivity index (χ0n) is 10.2. The summed E-state index contributed by atoms with van der Waals surface area (Å²) in [5, 5.41) is 13.8. The van der Waals surface area contributed by atoms with E-state index in [-0.39, 0.29) is 12.3 Å². The number of carbonyl (C=O) groups excluding carboxylic acids is 1. The van der Waals surface area contributed by atoms with Crippen molar-refractivity contribution < 1.29 is 4.79 Å². The van der Waals surface area contributed by atoms with E-state index < -0.39 is 0 Å². The molecule has 0 bridgehead atoms. The second kappa shape index (κ2) is 6.03. The van der Waals surface area contributed by atoms with Crippen LogP contribution in [0, 0.1) is 11.3 Å². The highest BCUT2D eigenvalue weighted by molar-refractivity contribution is 7.10. The molecule has 2 rings (SSSR count). The Bertz CT molecular complexity index is 610. The first-order valence-corrected chi connectivity index (χ1v) is 6.64. The predicted molar refractivity (Wildman–Crippen MR) is 75.7 cm³/mol. The average Bonchev–Trinajstić information content (AvgIpc) is 2.85. The molecule has 96 valence electrons. The van der Waals surface area contributed by atoms with Gasteiger partial charge >= 0.3 is 0 Å². The number of hydrogen-bond donors (Lipinski definition) is 2. The van der Waals surface area contributed by atoms with Gasteiger partial charge in [0, 0.05) is 22.5 Å². The third kappa shape index (κ3) is 3.83. The van der Waals surface area contributed by atoms with Crippen molar-refractivity contribution in [2.24, 2.45) is 5.73 Å². The predicted octanol–water partition coefficient (Wildman–Crippen LogP) is 2.26. The Kier molecular flexibility index (Phi) is 4.16. The van der Waals surface area contributed by atoms with Crippen LogP contribution >= 0.6 is 11.3 Å². The summed E-state index contributed by atoms with van der Waals surface area (Å²) in [6.07, 6.45) is 0.261. The van der Waals surface area contributed by atoms with E-state index in [0.29, 0.717) is 12.1 Å². The average molecular weight is 271 g/mol. The summed E-state index contributed by atoms with van der Waals surface area (Å²) in [5.74, 6) is -0.330. The van der Waals surface area contributed by atoms with Crippen molar-refractivity contribution in [2.75, 3.05) is 5.32 Å². The van der Waals surface area contributed by atoms with E-state index >= 15 is 0 Å². The van der Waals surface area contributed by atoms with Crippen LogP contribution in [0.5, 0.6) is 0 Å². The molecule has 0 radical (unpaired) electrons. The Morgan fingerprint density at radius 3 is 2.68 bits per heavy atom. The number of rotatable bonds is 5. The summed E-state index contributed by atoms with van der Waals surface area (Å²) < 4.78 is 0. The summed E-state index contributed by atoms with van der Waals surface area (Å²) in [4.78, 5) is 11.9. The quantitative estimate of drug-likeness (QED) is 0.875. The van der Waals surface area contributed by atoms with E-state index in [9.17, 15) is 4.79 Å². The molecule has 4 nitrogen and oxygen atoms in total. The maximum atomic E-state index is 10.8. The number of carbonyl (C=O) groups is 1. The number of nitriles is 1. The van der Waals surface area contributed by atoms with Crippen LogP contribution in [0.25, 0.3) is 0 Å². The lowest BCUT2D eigenvalue weighted by atomic mass is 10.1. The van der Waals surface area contributed by atoms with Crippen LogP contribution in [0.15, 0.2) is 35.7 Å². The number of hydrogen-bond acceptors (Lipinski definition) is 4. The van der Waals surface area contributed by atoms with Crippen molar-refractivity contribution in [3.63, 3.8) is 0 Å². The number of nitrogens with two attached hydrogens (primary N) is 1. The van der Waals surface area contributed by atoms with E-state index in [4.69, 9.17) is 11.0 Å². The summed E-state index contributed by atoms with van der Waals surface area (Å²) in [6, 6.07) is 11.6. The molecule has 0 aliphatic heterocycles. The van der Waals surface area contributed by atoms with Gasteiger partial charge in [0.05, 0.1) is 12.0 Å².